The van der Waals surface area contributed by atoms with E-state index in [1.54, 1.807) is 0 Å². The minimum absolute atomic E-state index is 0.00809. The lowest BCUT2D eigenvalue weighted by atomic mass is 10.2. The third kappa shape index (κ3) is 5.40. The zero-order valence-corrected chi connectivity index (χ0v) is 14.4. The quantitative estimate of drug-likeness (QED) is 0.674. The van der Waals surface area contributed by atoms with Gasteiger partial charge in [-0.1, -0.05) is 12.1 Å². The highest BCUT2D eigenvalue weighted by Crippen LogP contribution is 2.11. The molecule has 0 saturated carbocycles. The van der Waals surface area contributed by atoms with Gasteiger partial charge in [0, 0.05) is 31.7 Å². The van der Waals surface area contributed by atoms with Crippen LogP contribution in [0.4, 0.5) is 0 Å². The van der Waals surface area contributed by atoms with Gasteiger partial charge in [0.1, 0.15) is 0 Å². The topological polar surface area (TPSA) is 102 Å². The van der Waals surface area contributed by atoms with E-state index in [-0.39, 0.29) is 35.7 Å². The standard InChI is InChI=1S/C16H22N2O5S/c1-12(19)13-4-6-15(7-5-13)24(21,22)18-9-8-16(20)17-11-14-3-2-10-23-14/h4-7,14,18H,2-3,8-11H2,1H3,(H,17,20)/t14-/m1/s1. The number of ether oxygens (including phenoxy) is 1. The van der Waals surface area contributed by atoms with Crippen LogP contribution in [0, 0.1) is 0 Å². The van der Waals surface area contributed by atoms with Gasteiger partial charge >= 0.3 is 0 Å². The van der Waals surface area contributed by atoms with Crippen LogP contribution in [0.2, 0.25) is 0 Å². The summed E-state index contributed by atoms with van der Waals surface area (Å²) in [6, 6.07) is 5.67. The third-order valence-corrected chi connectivity index (χ3v) is 5.24. The lowest BCUT2D eigenvalue weighted by Gasteiger charge is -2.11. The molecule has 2 rings (SSSR count). The third-order valence-electron chi connectivity index (χ3n) is 3.77. The number of carbonyl (C=O) groups excluding carboxylic acids is 2. The van der Waals surface area contributed by atoms with Gasteiger partial charge in [0.2, 0.25) is 15.9 Å². The second kappa shape index (κ2) is 8.36. The highest BCUT2D eigenvalue weighted by Gasteiger charge is 2.17. The molecule has 1 aliphatic heterocycles. The molecule has 1 aliphatic rings. The highest BCUT2D eigenvalue weighted by molar-refractivity contribution is 7.89. The minimum Gasteiger partial charge on any atom is -0.376 e. The first-order valence-corrected chi connectivity index (χ1v) is 9.36. The molecule has 0 aromatic heterocycles. The second-order valence-corrected chi connectivity index (χ2v) is 7.43. The Bertz CT molecular complexity index is 679. The zero-order valence-electron chi connectivity index (χ0n) is 13.6. The van der Waals surface area contributed by atoms with Crippen molar-refractivity contribution < 1.29 is 22.7 Å². The van der Waals surface area contributed by atoms with Gasteiger partial charge in [0.15, 0.2) is 5.78 Å². The molecular weight excluding hydrogens is 332 g/mol. The normalized spacial score (nSPS) is 17.6. The Morgan fingerprint density at radius 2 is 1.96 bits per heavy atom. The van der Waals surface area contributed by atoms with Crippen molar-refractivity contribution in [1.29, 1.82) is 0 Å². The molecule has 1 aromatic rings. The van der Waals surface area contributed by atoms with Gasteiger partial charge < -0.3 is 10.1 Å². The van der Waals surface area contributed by atoms with Crippen LogP contribution in [-0.2, 0) is 19.6 Å². The lowest BCUT2D eigenvalue weighted by molar-refractivity contribution is -0.121. The van der Waals surface area contributed by atoms with Crippen LogP contribution >= 0.6 is 0 Å². The second-order valence-electron chi connectivity index (χ2n) is 5.67. The van der Waals surface area contributed by atoms with Crippen molar-refractivity contribution in [3.05, 3.63) is 29.8 Å². The van der Waals surface area contributed by atoms with Crippen molar-refractivity contribution >= 4 is 21.7 Å². The maximum absolute atomic E-state index is 12.1. The summed E-state index contributed by atoms with van der Waals surface area (Å²) in [5.74, 6) is -0.352. The largest absolute Gasteiger partial charge is 0.376 e. The van der Waals surface area contributed by atoms with Gasteiger partial charge in [-0.15, -0.1) is 0 Å². The van der Waals surface area contributed by atoms with Gasteiger partial charge in [0.25, 0.3) is 0 Å². The van der Waals surface area contributed by atoms with E-state index >= 15 is 0 Å². The van der Waals surface area contributed by atoms with Crippen molar-refractivity contribution in [2.45, 2.75) is 37.2 Å². The number of ketones is 1. The van der Waals surface area contributed by atoms with Crippen molar-refractivity contribution in [2.75, 3.05) is 19.7 Å². The molecule has 0 unspecified atom stereocenters. The number of nitrogens with one attached hydrogen (secondary N) is 2. The van der Waals surface area contributed by atoms with E-state index in [0.717, 1.165) is 19.4 Å². The summed E-state index contributed by atoms with van der Waals surface area (Å²) in [6.07, 6.45) is 2.05. The molecule has 1 amide bonds. The Balaban J connectivity index is 1.77. The molecular formula is C16H22N2O5S. The fourth-order valence-corrected chi connectivity index (χ4v) is 3.40. The van der Waals surface area contributed by atoms with Crippen molar-refractivity contribution in [3.63, 3.8) is 0 Å². The van der Waals surface area contributed by atoms with Crippen molar-refractivity contribution in [2.24, 2.45) is 0 Å². The zero-order chi connectivity index (χ0) is 17.6. The molecule has 1 atom stereocenters. The van der Waals surface area contributed by atoms with Crippen molar-refractivity contribution in [1.82, 2.24) is 10.0 Å². The van der Waals surface area contributed by atoms with E-state index in [9.17, 15) is 18.0 Å². The minimum atomic E-state index is -3.69. The molecule has 1 saturated heterocycles. The average molecular weight is 354 g/mol. The summed E-state index contributed by atoms with van der Waals surface area (Å²) in [6.45, 7) is 2.60. The smallest absolute Gasteiger partial charge is 0.240 e. The van der Waals surface area contributed by atoms with Crippen LogP contribution in [0.25, 0.3) is 0 Å². The number of hydrogen-bond donors (Lipinski definition) is 2. The molecule has 8 heteroatoms. The maximum atomic E-state index is 12.1. The number of rotatable bonds is 8. The Morgan fingerprint density at radius 1 is 1.25 bits per heavy atom. The molecule has 0 aliphatic carbocycles. The summed E-state index contributed by atoms with van der Waals surface area (Å²) < 4.78 is 32.0. The molecule has 0 radical (unpaired) electrons. The summed E-state index contributed by atoms with van der Waals surface area (Å²) in [5, 5.41) is 2.73. The van der Waals surface area contributed by atoms with Gasteiger partial charge in [-0.3, -0.25) is 9.59 Å². The molecule has 0 bridgehead atoms. The summed E-state index contributed by atoms with van der Waals surface area (Å²) in [4.78, 5) is 23.0. The highest BCUT2D eigenvalue weighted by atomic mass is 32.2. The Morgan fingerprint density at radius 3 is 2.54 bits per heavy atom. The first-order valence-electron chi connectivity index (χ1n) is 7.87. The maximum Gasteiger partial charge on any atom is 0.240 e. The average Bonchev–Trinajstić information content (AvgIpc) is 3.06. The molecule has 24 heavy (non-hydrogen) atoms. The Labute approximate surface area is 141 Å². The molecule has 1 fully saturated rings. The van der Waals surface area contributed by atoms with E-state index in [1.807, 2.05) is 0 Å². The monoisotopic (exact) mass is 354 g/mol. The molecule has 2 N–H and O–H groups in total. The van der Waals surface area contributed by atoms with Crippen LogP contribution in [0.5, 0.6) is 0 Å². The van der Waals surface area contributed by atoms with Crippen LogP contribution in [0.15, 0.2) is 29.2 Å². The molecule has 7 nitrogen and oxygen atoms in total. The number of benzene rings is 1. The summed E-state index contributed by atoms with van der Waals surface area (Å²) in [5.41, 5.74) is 0.447. The van der Waals surface area contributed by atoms with Crippen LogP contribution < -0.4 is 10.0 Å². The molecule has 132 valence electrons. The molecule has 1 heterocycles. The van der Waals surface area contributed by atoms with E-state index in [0.29, 0.717) is 12.1 Å². The number of hydrogen-bond acceptors (Lipinski definition) is 5. The fraction of sp³-hybridized carbons (Fsp3) is 0.500. The van der Waals surface area contributed by atoms with Gasteiger partial charge in [-0.2, -0.15) is 0 Å². The van der Waals surface area contributed by atoms with E-state index < -0.39 is 10.0 Å². The number of amides is 1. The molecule has 1 aromatic carbocycles. The Hall–Kier alpha value is -1.77. The van der Waals surface area contributed by atoms with Crippen molar-refractivity contribution in [3.8, 4) is 0 Å². The SMILES string of the molecule is CC(=O)c1ccc(S(=O)(=O)NCCC(=O)NC[C@H]2CCCO2)cc1. The number of Topliss-reactive ketones (excluding diaryl/α,β-unsaturated/α-hetero) is 1. The van der Waals surface area contributed by atoms with Crippen LogP contribution in [0.3, 0.4) is 0 Å². The summed E-state index contributed by atoms with van der Waals surface area (Å²) >= 11 is 0. The number of sulfonamides is 1. The number of carbonyl (C=O) groups is 2. The lowest BCUT2D eigenvalue weighted by Crippen LogP contribution is -2.34. The first-order chi connectivity index (χ1) is 11.4. The predicted octanol–water partition coefficient (Wildman–Crippen LogP) is 0.853. The molecule has 0 spiro atoms. The van der Waals surface area contributed by atoms with Gasteiger partial charge in [0.05, 0.1) is 11.0 Å². The van der Waals surface area contributed by atoms with E-state index in [2.05, 4.69) is 10.0 Å². The van der Waals surface area contributed by atoms with E-state index in [1.165, 1.54) is 31.2 Å². The van der Waals surface area contributed by atoms with Crippen LogP contribution in [0.1, 0.15) is 36.5 Å². The van der Waals surface area contributed by atoms with E-state index in [4.69, 9.17) is 4.74 Å². The predicted molar refractivity (Wildman–Crippen MR) is 88.2 cm³/mol. The summed E-state index contributed by atoms with van der Waals surface area (Å²) in [7, 11) is -3.69. The first kappa shape index (κ1) is 18.6. The van der Waals surface area contributed by atoms with Gasteiger partial charge in [-0.25, -0.2) is 13.1 Å². The van der Waals surface area contributed by atoms with Crippen LogP contribution in [-0.4, -0.2) is 45.9 Å². The van der Waals surface area contributed by atoms with Gasteiger partial charge in [-0.05, 0) is 31.9 Å². The fourth-order valence-electron chi connectivity index (χ4n) is 2.37. The Kier molecular flexibility index (Phi) is 6.47.